The molecule has 4 atom stereocenters. The number of hydrogen-bond acceptors (Lipinski definition) is 6. The lowest BCUT2D eigenvalue weighted by molar-refractivity contribution is -0.140. The molecule has 3 amide bonds. The van der Waals surface area contributed by atoms with Crippen LogP contribution in [0.1, 0.15) is 94.3 Å². The van der Waals surface area contributed by atoms with Gasteiger partial charge in [0.2, 0.25) is 11.8 Å². The van der Waals surface area contributed by atoms with Crippen LogP contribution < -0.4 is 10.6 Å². The first-order valence-corrected chi connectivity index (χ1v) is 16.8. The Morgan fingerprint density at radius 3 is 2.37 bits per heavy atom. The maximum Gasteiger partial charge on any atom is 0.270 e. The zero-order chi connectivity index (χ0) is 33.5. The lowest BCUT2D eigenvalue weighted by atomic mass is 9.77. The van der Waals surface area contributed by atoms with Gasteiger partial charge in [-0.05, 0) is 68.8 Å². The number of benzene rings is 1. The van der Waals surface area contributed by atoms with E-state index in [1.165, 1.54) is 6.07 Å². The molecule has 2 aromatic rings. The summed E-state index contributed by atoms with van der Waals surface area (Å²) in [5, 5.41) is 10.0. The van der Waals surface area contributed by atoms with Crippen molar-refractivity contribution < 1.29 is 23.6 Å². The molecule has 2 N–H and O–H groups in total. The zero-order valence-electron chi connectivity index (χ0n) is 28.2. The van der Waals surface area contributed by atoms with Crippen LogP contribution in [0.4, 0.5) is 4.39 Å². The van der Waals surface area contributed by atoms with Crippen LogP contribution in [0.2, 0.25) is 0 Å². The van der Waals surface area contributed by atoms with E-state index in [4.69, 9.17) is 0 Å². The molecule has 11 heteroatoms. The average molecular weight is 639 g/mol. The third-order valence-corrected chi connectivity index (χ3v) is 9.90. The van der Waals surface area contributed by atoms with Crippen molar-refractivity contribution in [2.75, 3.05) is 26.7 Å². The highest BCUT2D eigenvalue weighted by Gasteiger charge is 2.36. The van der Waals surface area contributed by atoms with Gasteiger partial charge in [-0.3, -0.25) is 23.9 Å². The van der Waals surface area contributed by atoms with Crippen LogP contribution in [-0.2, 0) is 27.3 Å². The van der Waals surface area contributed by atoms with Gasteiger partial charge < -0.3 is 20.4 Å². The Labute approximate surface area is 272 Å². The highest BCUT2D eigenvalue weighted by Crippen LogP contribution is 2.32. The van der Waals surface area contributed by atoms with Crippen molar-refractivity contribution in [3.05, 3.63) is 53.1 Å². The highest BCUT2D eigenvalue weighted by atomic mass is 19.1. The van der Waals surface area contributed by atoms with Crippen LogP contribution in [0.5, 0.6) is 0 Å². The summed E-state index contributed by atoms with van der Waals surface area (Å²) in [4.78, 5) is 57.3. The number of ketones is 1. The van der Waals surface area contributed by atoms with Crippen molar-refractivity contribution >= 4 is 23.5 Å². The summed E-state index contributed by atoms with van der Waals surface area (Å²) in [6, 6.07) is 4.72. The topological polar surface area (TPSA) is 117 Å². The van der Waals surface area contributed by atoms with Gasteiger partial charge in [0.25, 0.3) is 5.91 Å². The van der Waals surface area contributed by atoms with Gasteiger partial charge in [0.15, 0.2) is 5.78 Å². The van der Waals surface area contributed by atoms with E-state index in [0.717, 1.165) is 38.8 Å². The Bertz CT molecular complexity index is 1390. The molecule has 1 saturated heterocycles. The average Bonchev–Trinajstić information content (AvgIpc) is 3.52. The normalized spacial score (nSPS) is 22.5. The van der Waals surface area contributed by atoms with E-state index in [0.29, 0.717) is 30.3 Å². The fourth-order valence-corrected chi connectivity index (χ4v) is 6.88. The fraction of sp³-hybridized carbons (Fsp3) is 0.629. The van der Waals surface area contributed by atoms with Crippen LogP contribution in [0.15, 0.2) is 30.5 Å². The molecule has 1 aliphatic carbocycles. The minimum Gasteiger partial charge on any atom is -0.344 e. The molecule has 1 aromatic carbocycles. The highest BCUT2D eigenvalue weighted by molar-refractivity contribution is 5.97. The number of carbonyl (C=O) groups excluding carboxylic acids is 4. The summed E-state index contributed by atoms with van der Waals surface area (Å²) < 4.78 is 17.3. The Hall–Kier alpha value is -3.60. The van der Waals surface area contributed by atoms with Gasteiger partial charge in [0.05, 0.1) is 6.04 Å². The van der Waals surface area contributed by atoms with E-state index < -0.39 is 23.8 Å². The minimum atomic E-state index is -0.852. The van der Waals surface area contributed by atoms with Gasteiger partial charge in [0, 0.05) is 57.2 Å². The number of amides is 3. The van der Waals surface area contributed by atoms with Crippen molar-refractivity contribution in [2.45, 2.75) is 104 Å². The van der Waals surface area contributed by atoms with Crippen LogP contribution in [0.25, 0.3) is 0 Å². The number of halogens is 1. The summed E-state index contributed by atoms with van der Waals surface area (Å²) in [5.74, 6) is -1.55. The molecule has 10 nitrogen and oxygen atoms in total. The molecule has 2 aliphatic rings. The molecule has 0 radical (unpaired) electrons. The third-order valence-electron chi connectivity index (χ3n) is 9.90. The van der Waals surface area contributed by atoms with E-state index in [-0.39, 0.29) is 53.9 Å². The number of rotatable bonds is 12. The molecule has 2 fully saturated rings. The first kappa shape index (κ1) is 35.3. The summed E-state index contributed by atoms with van der Waals surface area (Å²) >= 11 is 0. The molecule has 4 rings (SSSR count). The van der Waals surface area contributed by atoms with Gasteiger partial charge in [-0.15, -0.1) is 0 Å². The van der Waals surface area contributed by atoms with Crippen molar-refractivity contribution in [1.29, 1.82) is 0 Å². The smallest absolute Gasteiger partial charge is 0.270 e. The molecular formula is C35H51FN6O4. The standard InChI is InChI=1S/C35H51FN6O4/c1-7-31(44)38-32(35(46)41-18-17-40(6)21-23(41)4)24(5)26-13-14-27(28(36)19-26)20-30(43)33(25-11-9-22(3)10-12-25)39-34(45)29-15-16-37-42(29)8-2/h13-16,19,22-25,32-33H,7-12,17-18,20-21H2,1-6H3,(H,38,44)(H,39,45)/t22?,23-,24+,25?,32-,33+/m1/s1. The van der Waals surface area contributed by atoms with Gasteiger partial charge in [-0.2, -0.15) is 5.10 Å². The molecule has 1 aliphatic heterocycles. The zero-order valence-corrected chi connectivity index (χ0v) is 28.2. The first-order valence-electron chi connectivity index (χ1n) is 16.8. The predicted molar refractivity (Wildman–Crippen MR) is 175 cm³/mol. The number of hydrogen-bond donors (Lipinski definition) is 2. The van der Waals surface area contributed by atoms with E-state index in [1.807, 2.05) is 27.8 Å². The molecule has 1 saturated carbocycles. The van der Waals surface area contributed by atoms with Gasteiger partial charge >= 0.3 is 0 Å². The Kier molecular flexibility index (Phi) is 12.1. The number of nitrogens with zero attached hydrogens (tertiary/aromatic N) is 4. The Morgan fingerprint density at radius 2 is 1.74 bits per heavy atom. The van der Waals surface area contributed by atoms with Crippen LogP contribution in [-0.4, -0.2) is 87.9 Å². The summed E-state index contributed by atoms with van der Waals surface area (Å²) in [7, 11) is 2.01. The Morgan fingerprint density at radius 1 is 1.02 bits per heavy atom. The van der Waals surface area contributed by atoms with Crippen molar-refractivity contribution in [2.24, 2.45) is 11.8 Å². The Balaban J connectivity index is 1.53. The molecule has 252 valence electrons. The quantitative estimate of drug-likeness (QED) is 0.364. The molecule has 0 unspecified atom stereocenters. The second-order valence-corrected chi connectivity index (χ2v) is 13.3. The lowest BCUT2D eigenvalue weighted by Gasteiger charge is -2.41. The maximum atomic E-state index is 15.7. The molecular weight excluding hydrogens is 587 g/mol. The molecule has 2 heterocycles. The maximum absolute atomic E-state index is 15.7. The fourth-order valence-electron chi connectivity index (χ4n) is 6.88. The van der Waals surface area contributed by atoms with Gasteiger partial charge in [-0.25, -0.2) is 4.39 Å². The van der Waals surface area contributed by atoms with Crippen molar-refractivity contribution in [3.8, 4) is 0 Å². The predicted octanol–water partition coefficient (Wildman–Crippen LogP) is 3.94. The first-order chi connectivity index (χ1) is 21.9. The van der Waals surface area contributed by atoms with Crippen molar-refractivity contribution in [3.63, 3.8) is 0 Å². The summed E-state index contributed by atoms with van der Waals surface area (Å²) in [6.45, 7) is 12.2. The van der Waals surface area contributed by atoms with Crippen LogP contribution in [0, 0.1) is 17.7 Å². The van der Waals surface area contributed by atoms with E-state index in [9.17, 15) is 19.2 Å². The van der Waals surface area contributed by atoms with E-state index in [2.05, 4.69) is 27.6 Å². The lowest BCUT2D eigenvalue weighted by Crippen LogP contribution is -2.59. The number of Topliss-reactive ketones (excluding diaryl/α,β-unsaturated/α-hetero) is 1. The number of carbonyl (C=O) groups is 4. The SMILES string of the molecule is CCC(=O)N[C@@H](C(=O)N1CCN(C)C[C@H]1C)[C@@H](C)c1ccc(CC(=O)[C@@H](NC(=O)c2ccnn2CC)C2CCC(C)CC2)c(F)c1. The second-order valence-electron chi connectivity index (χ2n) is 13.3. The monoisotopic (exact) mass is 638 g/mol. The largest absolute Gasteiger partial charge is 0.344 e. The van der Waals surface area contributed by atoms with Crippen LogP contribution in [0.3, 0.4) is 0 Å². The van der Waals surface area contributed by atoms with Gasteiger partial charge in [-0.1, -0.05) is 45.7 Å². The number of nitrogens with one attached hydrogen (secondary N) is 2. The molecule has 0 spiro atoms. The van der Waals surface area contributed by atoms with Crippen molar-refractivity contribution in [1.82, 2.24) is 30.2 Å². The van der Waals surface area contributed by atoms with Gasteiger partial charge in [0.1, 0.15) is 17.6 Å². The number of aromatic nitrogens is 2. The molecule has 46 heavy (non-hydrogen) atoms. The number of aryl methyl sites for hydroxylation is 1. The molecule has 0 bridgehead atoms. The van der Waals surface area contributed by atoms with Crippen LogP contribution >= 0.6 is 0 Å². The van der Waals surface area contributed by atoms with E-state index >= 15 is 4.39 Å². The summed E-state index contributed by atoms with van der Waals surface area (Å²) in [5.41, 5.74) is 1.18. The molecule has 1 aromatic heterocycles. The van der Waals surface area contributed by atoms with E-state index in [1.54, 1.807) is 40.9 Å². The summed E-state index contributed by atoms with van der Waals surface area (Å²) in [6.07, 6.45) is 5.19. The number of likely N-dealkylation sites (N-methyl/N-ethyl adjacent to an activating group) is 1. The third kappa shape index (κ3) is 8.40. The number of piperazine rings is 1. The second kappa shape index (κ2) is 15.8. The minimum absolute atomic E-state index is 0.0204.